The first-order chi connectivity index (χ1) is 7.15. The van der Waals surface area contributed by atoms with Crippen molar-refractivity contribution in [3.8, 4) is 0 Å². The fraction of sp³-hybridized carbons (Fsp3) is 0.692. The Morgan fingerprint density at radius 1 is 1.40 bits per heavy atom. The first-order valence-corrected chi connectivity index (χ1v) is 5.92. The van der Waals surface area contributed by atoms with Gasteiger partial charge in [-0.25, -0.2) is 0 Å². The van der Waals surface area contributed by atoms with Crippen LogP contribution in [0.25, 0.3) is 0 Å². The van der Waals surface area contributed by atoms with Crippen LogP contribution in [0.4, 0.5) is 0 Å². The molecule has 0 spiro atoms. The predicted octanol–water partition coefficient (Wildman–Crippen LogP) is 3.18. The molecule has 84 valence electrons. The minimum atomic E-state index is 0.632. The third-order valence-corrected chi connectivity index (χ3v) is 3.67. The van der Waals surface area contributed by atoms with Crippen molar-refractivity contribution in [3.05, 3.63) is 23.2 Å². The van der Waals surface area contributed by atoms with Gasteiger partial charge in [0.1, 0.15) is 11.5 Å². The summed E-state index contributed by atoms with van der Waals surface area (Å²) >= 11 is 0. The van der Waals surface area contributed by atoms with Crippen LogP contribution in [-0.4, -0.2) is 6.54 Å². The molecular formula is C13H21NO. The van der Waals surface area contributed by atoms with Crippen molar-refractivity contribution in [3.63, 3.8) is 0 Å². The van der Waals surface area contributed by atoms with Crippen molar-refractivity contribution >= 4 is 0 Å². The van der Waals surface area contributed by atoms with E-state index in [1.807, 2.05) is 13.8 Å². The highest BCUT2D eigenvalue weighted by molar-refractivity contribution is 5.19. The molecule has 2 heteroatoms. The van der Waals surface area contributed by atoms with Crippen LogP contribution in [0.5, 0.6) is 0 Å². The molecule has 2 rings (SSSR count). The second-order valence-electron chi connectivity index (χ2n) is 4.90. The second kappa shape index (κ2) is 4.01. The van der Waals surface area contributed by atoms with E-state index in [0.29, 0.717) is 5.41 Å². The molecule has 1 aliphatic carbocycles. The van der Waals surface area contributed by atoms with Gasteiger partial charge in [-0.1, -0.05) is 6.92 Å². The Bertz CT molecular complexity index is 336. The Labute approximate surface area is 92.1 Å². The zero-order valence-electron chi connectivity index (χ0n) is 10.0. The van der Waals surface area contributed by atoms with Gasteiger partial charge in [0.2, 0.25) is 0 Å². The molecule has 1 aliphatic rings. The standard InChI is InChI=1S/C13H21NO/c1-4-13(5-6-13)9-14-8-12-7-10(2)15-11(12)3/h7,14H,4-6,8-9H2,1-3H3. The first kappa shape index (κ1) is 10.7. The summed E-state index contributed by atoms with van der Waals surface area (Å²) < 4.78 is 5.50. The van der Waals surface area contributed by atoms with Crippen LogP contribution in [0.1, 0.15) is 43.3 Å². The third kappa shape index (κ3) is 2.43. The Morgan fingerprint density at radius 3 is 2.60 bits per heavy atom. The Hall–Kier alpha value is -0.760. The predicted molar refractivity (Wildman–Crippen MR) is 61.8 cm³/mol. The highest BCUT2D eigenvalue weighted by Gasteiger charge is 2.39. The Balaban J connectivity index is 1.81. The van der Waals surface area contributed by atoms with Crippen LogP contribution >= 0.6 is 0 Å². The number of furan rings is 1. The van der Waals surface area contributed by atoms with Gasteiger partial charge in [0.15, 0.2) is 0 Å². The van der Waals surface area contributed by atoms with Gasteiger partial charge in [0.25, 0.3) is 0 Å². The minimum Gasteiger partial charge on any atom is -0.466 e. The molecule has 0 amide bonds. The first-order valence-electron chi connectivity index (χ1n) is 5.92. The number of aryl methyl sites for hydroxylation is 2. The molecule has 1 saturated carbocycles. The zero-order valence-corrected chi connectivity index (χ0v) is 10.0. The summed E-state index contributed by atoms with van der Waals surface area (Å²) in [6.07, 6.45) is 4.11. The fourth-order valence-corrected chi connectivity index (χ4v) is 2.15. The van der Waals surface area contributed by atoms with E-state index in [2.05, 4.69) is 18.3 Å². The van der Waals surface area contributed by atoms with Gasteiger partial charge in [-0.05, 0) is 44.6 Å². The SMILES string of the molecule is CCC1(CNCc2cc(C)oc2C)CC1. The summed E-state index contributed by atoms with van der Waals surface area (Å²) in [7, 11) is 0. The molecule has 0 radical (unpaired) electrons. The maximum Gasteiger partial charge on any atom is 0.105 e. The molecule has 1 aromatic rings. The van der Waals surface area contributed by atoms with E-state index in [1.165, 1.54) is 24.8 Å². The molecule has 0 bridgehead atoms. The highest BCUT2D eigenvalue weighted by Crippen LogP contribution is 2.47. The summed E-state index contributed by atoms with van der Waals surface area (Å²) in [6.45, 7) is 8.45. The van der Waals surface area contributed by atoms with Gasteiger partial charge in [-0.15, -0.1) is 0 Å². The molecule has 1 fully saturated rings. The molecule has 1 N–H and O–H groups in total. The summed E-state index contributed by atoms with van der Waals surface area (Å²) in [5.41, 5.74) is 1.94. The summed E-state index contributed by atoms with van der Waals surface area (Å²) in [4.78, 5) is 0. The molecule has 0 atom stereocenters. The number of rotatable bonds is 5. The molecule has 0 saturated heterocycles. The average molecular weight is 207 g/mol. The maximum absolute atomic E-state index is 5.50. The molecule has 15 heavy (non-hydrogen) atoms. The smallest absolute Gasteiger partial charge is 0.105 e. The third-order valence-electron chi connectivity index (χ3n) is 3.67. The van der Waals surface area contributed by atoms with E-state index in [4.69, 9.17) is 4.42 Å². The molecule has 0 aromatic carbocycles. The maximum atomic E-state index is 5.50. The fourth-order valence-electron chi connectivity index (χ4n) is 2.15. The summed E-state index contributed by atoms with van der Waals surface area (Å²) in [6, 6.07) is 2.13. The van der Waals surface area contributed by atoms with Crippen molar-refractivity contribution in [2.45, 2.75) is 46.6 Å². The van der Waals surface area contributed by atoms with E-state index in [9.17, 15) is 0 Å². The quantitative estimate of drug-likeness (QED) is 0.802. The lowest BCUT2D eigenvalue weighted by Crippen LogP contribution is -2.23. The van der Waals surface area contributed by atoms with Crippen molar-refractivity contribution in [1.82, 2.24) is 5.32 Å². The van der Waals surface area contributed by atoms with Gasteiger partial charge in [-0.3, -0.25) is 0 Å². The zero-order chi connectivity index (χ0) is 10.9. The number of nitrogens with one attached hydrogen (secondary N) is 1. The molecule has 1 aromatic heterocycles. The van der Waals surface area contributed by atoms with Crippen molar-refractivity contribution in [2.24, 2.45) is 5.41 Å². The molecule has 0 unspecified atom stereocenters. The van der Waals surface area contributed by atoms with E-state index in [-0.39, 0.29) is 0 Å². The van der Waals surface area contributed by atoms with Gasteiger partial charge in [0, 0.05) is 18.7 Å². The van der Waals surface area contributed by atoms with Crippen LogP contribution < -0.4 is 5.32 Å². The highest BCUT2D eigenvalue weighted by atomic mass is 16.3. The van der Waals surface area contributed by atoms with Crippen LogP contribution in [0.15, 0.2) is 10.5 Å². The van der Waals surface area contributed by atoms with Gasteiger partial charge < -0.3 is 9.73 Å². The molecule has 1 heterocycles. The lowest BCUT2D eigenvalue weighted by atomic mass is 10.0. The number of hydrogen-bond donors (Lipinski definition) is 1. The van der Waals surface area contributed by atoms with E-state index >= 15 is 0 Å². The van der Waals surface area contributed by atoms with Crippen molar-refractivity contribution in [1.29, 1.82) is 0 Å². The largest absolute Gasteiger partial charge is 0.466 e. The van der Waals surface area contributed by atoms with Crippen LogP contribution in [-0.2, 0) is 6.54 Å². The van der Waals surface area contributed by atoms with Gasteiger partial charge in [0.05, 0.1) is 0 Å². The topological polar surface area (TPSA) is 25.2 Å². The van der Waals surface area contributed by atoms with Crippen LogP contribution in [0.3, 0.4) is 0 Å². The monoisotopic (exact) mass is 207 g/mol. The van der Waals surface area contributed by atoms with Crippen LogP contribution in [0.2, 0.25) is 0 Å². The van der Waals surface area contributed by atoms with E-state index in [1.54, 1.807) is 0 Å². The molecule has 0 aliphatic heterocycles. The van der Waals surface area contributed by atoms with Crippen molar-refractivity contribution < 1.29 is 4.42 Å². The molecule has 2 nitrogen and oxygen atoms in total. The van der Waals surface area contributed by atoms with Gasteiger partial charge >= 0.3 is 0 Å². The van der Waals surface area contributed by atoms with Gasteiger partial charge in [-0.2, -0.15) is 0 Å². The van der Waals surface area contributed by atoms with E-state index < -0.39 is 0 Å². The summed E-state index contributed by atoms with van der Waals surface area (Å²) in [5.74, 6) is 2.07. The van der Waals surface area contributed by atoms with Crippen molar-refractivity contribution in [2.75, 3.05) is 6.54 Å². The Morgan fingerprint density at radius 2 is 2.13 bits per heavy atom. The lowest BCUT2D eigenvalue weighted by Gasteiger charge is -2.12. The second-order valence-corrected chi connectivity index (χ2v) is 4.90. The number of hydrogen-bond acceptors (Lipinski definition) is 2. The van der Waals surface area contributed by atoms with E-state index in [0.717, 1.165) is 24.6 Å². The minimum absolute atomic E-state index is 0.632. The summed E-state index contributed by atoms with van der Waals surface area (Å²) in [5, 5.41) is 3.55. The molecular weight excluding hydrogens is 186 g/mol. The lowest BCUT2D eigenvalue weighted by molar-refractivity contribution is 0.440. The van der Waals surface area contributed by atoms with Crippen LogP contribution in [0, 0.1) is 19.3 Å². The average Bonchev–Trinajstić information content (AvgIpc) is 2.90. The normalized spacial score (nSPS) is 18.1. The Kier molecular flexibility index (Phi) is 2.87.